The lowest BCUT2D eigenvalue weighted by Crippen LogP contribution is -2.47. The predicted octanol–water partition coefficient (Wildman–Crippen LogP) is 1.49. The molecule has 1 saturated carbocycles. The molecular formula is C16H31BN2O4. The van der Waals surface area contributed by atoms with Gasteiger partial charge in [-0.25, -0.2) is 0 Å². The van der Waals surface area contributed by atoms with Crippen LogP contribution in [0.3, 0.4) is 0 Å². The van der Waals surface area contributed by atoms with Crippen molar-refractivity contribution in [3.8, 4) is 0 Å². The number of rotatable bonds is 9. The van der Waals surface area contributed by atoms with E-state index in [0.29, 0.717) is 32.0 Å². The fourth-order valence-corrected chi connectivity index (χ4v) is 3.28. The van der Waals surface area contributed by atoms with Crippen LogP contribution in [0.1, 0.15) is 52.4 Å². The smallest absolute Gasteiger partial charge is 0.309 e. The lowest BCUT2D eigenvalue weighted by molar-refractivity contribution is -0.149. The first-order chi connectivity index (χ1) is 10.7. The first-order valence-electron chi connectivity index (χ1n) is 8.65. The molecule has 0 radical (unpaired) electrons. The first-order valence-corrected chi connectivity index (χ1v) is 8.65. The van der Waals surface area contributed by atoms with E-state index in [2.05, 4.69) is 5.32 Å². The molecule has 1 aliphatic carbocycles. The first kappa shape index (κ1) is 20.0. The van der Waals surface area contributed by atoms with Gasteiger partial charge in [0.25, 0.3) is 6.92 Å². The van der Waals surface area contributed by atoms with Gasteiger partial charge in [-0.2, -0.15) is 0 Å². The summed E-state index contributed by atoms with van der Waals surface area (Å²) in [7, 11) is 0. The van der Waals surface area contributed by atoms with Crippen molar-refractivity contribution >= 4 is 18.8 Å². The summed E-state index contributed by atoms with van der Waals surface area (Å²) in [6.45, 7) is 5.18. The van der Waals surface area contributed by atoms with Crippen LogP contribution in [-0.2, 0) is 9.59 Å². The highest BCUT2D eigenvalue weighted by Gasteiger charge is 2.45. The molecule has 23 heavy (non-hydrogen) atoms. The van der Waals surface area contributed by atoms with Crippen molar-refractivity contribution in [1.82, 2.24) is 5.32 Å². The molecule has 0 unspecified atom stereocenters. The molecule has 0 aliphatic heterocycles. The van der Waals surface area contributed by atoms with E-state index in [1.165, 1.54) is 0 Å². The fraction of sp³-hybridized carbons (Fsp3) is 0.875. The molecule has 1 aliphatic rings. The summed E-state index contributed by atoms with van der Waals surface area (Å²) in [5.41, 5.74) is 5.09. The van der Waals surface area contributed by atoms with Crippen molar-refractivity contribution < 1.29 is 19.7 Å². The molecular weight excluding hydrogens is 295 g/mol. The predicted molar refractivity (Wildman–Crippen MR) is 91.2 cm³/mol. The molecule has 1 amide bonds. The van der Waals surface area contributed by atoms with E-state index in [4.69, 9.17) is 5.73 Å². The average Bonchev–Trinajstić information content (AvgIpc) is 2.87. The maximum absolute atomic E-state index is 12.0. The number of carbonyl (C=O) groups excluding carboxylic acids is 1. The highest BCUT2D eigenvalue weighted by Crippen LogP contribution is 2.43. The third kappa shape index (κ3) is 5.81. The number of carboxylic acids is 1. The number of hydrogen-bond acceptors (Lipinski definition) is 4. The zero-order valence-electron chi connectivity index (χ0n) is 14.5. The molecule has 0 aromatic carbocycles. The lowest BCUT2D eigenvalue weighted by atomic mass is 9.66. The van der Waals surface area contributed by atoms with E-state index < -0.39 is 17.4 Å². The highest BCUT2D eigenvalue weighted by molar-refractivity contribution is 6.48. The molecule has 132 valence electrons. The molecule has 7 heteroatoms. The summed E-state index contributed by atoms with van der Waals surface area (Å²) in [5.74, 6) is -0.916. The van der Waals surface area contributed by atoms with Crippen molar-refractivity contribution in [2.24, 2.45) is 17.1 Å². The van der Waals surface area contributed by atoms with Crippen LogP contribution < -0.4 is 11.1 Å². The Hall–Kier alpha value is -1.08. The maximum Gasteiger partial charge on any atom is 0.309 e. The van der Waals surface area contributed by atoms with Crippen molar-refractivity contribution in [2.45, 2.75) is 77.6 Å². The van der Waals surface area contributed by atoms with Crippen LogP contribution in [-0.4, -0.2) is 41.0 Å². The van der Waals surface area contributed by atoms with Gasteiger partial charge in [0, 0.05) is 6.04 Å². The summed E-state index contributed by atoms with van der Waals surface area (Å²) >= 11 is 0. The molecule has 6 nitrogen and oxygen atoms in total. The standard InChI is InChI=1S/C16H31BN2O4/c1-11(2)13(18)14(20)19-12-6-8-16(10-12,15(21)22)7-4-5-9-17(3)23/h11-13,23H,4-10,18H2,1-3H3,(H,19,20)(H,21,22)/t12-,13+,16+/m0/s1. The minimum atomic E-state index is -0.778. The lowest BCUT2D eigenvalue weighted by Gasteiger charge is -2.25. The monoisotopic (exact) mass is 326 g/mol. The van der Waals surface area contributed by atoms with Crippen molar-refractivity contribution in [2.75, 3.05) is 0 Å². The SMILES string of the molecule is CB(O)CCCC[C@@]1(C(=O)O)CC[C@H](NC(=O)[C@H](N)C(C)C)C1. The largest absolute Gasteiger partial charge is 0.481 e. The van der Waals surface area contributed by atoms with Crippen molar-refractivity contribution in [3.05, 3.63) is 0 Å². The molecule has 0 spiro atoms. The Bertz CT molecular complexity index is 417. The van der Waals surface area contributed by atoms with Gasteiger partial charge in [-0.1, -0.05) is 33.5 Å². The number of nitrogens with two attached hydrogens (primary N) is 1. The summed E-state index contributed by atoms with van der Waals surface area (Å²) in [6.07, 6.45) is 4.62. The summed E-state index contributed by atoms with van der Waals surface area (Å²) in [4.78, 5) is 23.8. The molecule has 0 saturated heterocycles. The number of amides is 1. The van der Waals surface area contributed by atoms with E-state index >= 15 is 0 Å². The summed E-state index contributed by atoms with van der Waals surface area (Å²) in [5, 5.41) is 21.8. The molecule has 5 N–H and O–H groups in total. The molecule has 1 rings (SSSR count). The second-order valence-electron chi connectivity index (χ2n) is 7.40. The van der Waals surface area contributed by atoms with Crippen LogP contribution >= 0.6 is 0 Å². The quantitative estimate of drug-likeness (QED) is 0.379. The Morgan fingerprint density at radius 1 is 1.39 bits per heavy atom. The van der Waals surface area contributed by atoms with E-state index in [-0.39, 0.29) is 24.8 Å². The minimum absolute atomic E-state index is 0.0566. The molecule has 3 atom stereocenters. The zero-order chi connectivity index (χ0) is 17.6. The summed E-state index contributed by atoms with van der Waals surface area (Å²) < 4.78 is 0. The average molecular weight is 326 g/mol. The van der Waals surface area contributed by atoms with E-state index in [0.717, 1.165) is 12.8 Å². The number of aliphatic carboxylic acids is 1. The molecule has 0 bridgehead atoms. The molecule has 0 heterocycles. The Morgan fingerprint density at radius 2 is 2.04 bits per heavy atom. The Labute approximate surface area is 139 Å². The number of unbranched alkanes of at least 4 members (excludes halogenated alkanes) is 1. The summed E-state index contributed by atoms with van der Waals surface area (Å²) in [6, 6.07) is -0.666. The van der Waals surface area contributed by atoms with Gasteiger partial charge in [-0.3, -0.25) is 9.59 Å². The van der Waals surface area contributed by atoms with Gasteiger partial charge < -0.3 is 21.2 Å². The maximum atomic E-state index is 12.0. The van der Waals surface area contributed by atoms with Crippen LogP contribution in [0.15, 0.2) is 0 Å². The third-order valence-corrected chi connectivity index (χ3v) is 4.96. The van der Waals surface area contributed by atoms with Gasteiger partial charge in [-0.15, -0.1) is 0 Å². The van der Waals surface area contributed by atoms with Gasteiger partial charge in [0.2, 0.25) is 5.91 Å². The Morgan fingerprint density at radius 3 is 2.57 bits per heavy atom. The van der Waals surface area contributed by atoms with Crippen LogP contribution in [0, 0.1) is 11.3 Å². The molecule has 1 fully saturated rings. The number of nitrogens with one attached hydrogen (secondary N) is 1. The van der Waals surface area contributed by atoms with E-state index in [1.807, 2.05) is 13.8 Å². The minimum Gasteiger partial charge on any atom is -0.481 e. The van der Waals surface area contributed by atoms with Gasteiger partial charge in [0.1, 0.15) is 0 Å². The van der Waals surface area contributed by atoms with Gasteiger partial charge in [0.15, 0.2) is 0 Å². The number of carbonyl (C=O) groups is 2. The van der Waals surface area contributed by atoms with Gasteiger partial charge >= 0.3 is 5.97 Å². The van der Waals surface area contributed by atoms with Gasteiger partial charge in [-0.05, 0) is 37.9 Å². The Kier molecular flexibility index (Phi) is 7.54. The second kappa shape index (κ2) is 8.69. The third-order valence-electron chi connectivity index (χ3n) is 4.96. The zero-order valence-corrected chi connectivity index (χ0v) is 14.5. The van der Waals surface area contributed by atoms with E-state index in [9.17, 15) is 19.7 Å². The number of carboxylic acid groups (broad SMARTS) is 1. The normalized spacial score (nSPS) is 25.4. The molecule has 0 aromatic heterocycles. The van der Waals surface area contributed by atoms with Crippen molar-refractivity contribution in [3.63, 3.8) is 0 Å². The highest BCUT2D eigenvalue weighted by atomic mass is 16.4. The Balaban J connectivity index is 2.54. The van der Waals surface area contributed by atoms with Crippen LogP contribution in [0.5, 0.6) is 0 Å². The van der Waals surface area contributed by atoms with Gasteiger partial charge in [0.05, 0.1) is 11.5 Å². The fourth-order valence-electron chi connectivity index (χ4n) is 3.28. The van der Waals surface area contributed by atoms with Crippen molar-refractivity contribution in [1.29, 1.82) is 0 Å². The second-order valence-corrected chi connectivity index (χ2v) is 7.40. The number of hydrogen-bond donors (Lipinski definition) is 4. The van der Waals surface area contributed by atoms with Crippen LogP contribution in [0.4, 0.5) is 0 Å². The topological polar surface area (TPSA) is 113 Å². The van der Waals surface area contributed by atoms with Crippen LogP contribution in [0.2, 0.25) is 13.1 Å². The van der Waals surface area contributed by atoms with Crippen LogP contribution in [0.25, 0.3) is 0 Å². The molecule has 0 aromatic rings. The van der Waals surface area contributed by atoms with E-state index in [1.54, 1.807) is 6.82 Å².